The van der Waals surface area contributed by atoms with Crippen molar-refractivity contribution in [2.45, 2.75) is 58.4 Å². The van der Waals surface area contributed by atoms with Gasteiger partial charge in [0.25, 0.3) is 0 Å². The Hall–Kier alpha value is -0.900. The molecule has 4 heteroatoms. The van der Waals surface area contributed by atoms with Crippen molar-refractivity contribution in [3.05, 3.63) is 12.2 Å². The molecule has 1 aliphatic rings. The van der Waals surface area contributed by atoms with Crippen LogP contribution >= 0.6 is 0 Å². The van der Waals surface area contributed by atoms with Gasteiger partial charge in [0.2, 0.25) is 0 Å². The molecule has 2 rings (SSSR count). The van der Waals surface area contributed by atoms with E-state index in [2.05, 4.69) is 41.0 Å². The molecule has 19 heavy (non-hydrogen) atoms. The first-order valence-electron chi connectivity index (χ1n) is 7.75. The summed E-state index contributed by atoms with van der Waals surface area (Å²) in [5, 5.41) is 7.73. The second-order valence-corrected chi connectivity index (χ2v) is 6.13. The number of hydrogen-bond donors (Lipinski definition) is 1. The Balaban J connectivity index is 2.07. The highest BCUT2D eigenvalue weighted by Gasteiger charge is 2.25. The summed E-state index contributed by atoms with van der Waals surface area (Å²) in [7, 11) is 2.07. The van der Waals surface area contributed by atoms with E-state index in [-0.39, 0.29) is 0 Å². The van der Waals surface area contributed by atoms with Gasteiger partial charge in [0.15, 0.2) is 0 Å². The lowest BCUT2D eigenvalue weighted by atomic mass is 9.85. The van der Waals surface area contributed by atoms with Gasteiger partial charge in [-0.1, -0.05) is 19.3 Å². The van der Waals surface area contributed by atoms with Crippen LogP contribution in [0.5, 0.6) is 0 Å². The normalized spacial score (nSPS) is 24.6. The molecular formula is C15H28N4. The maximum atomic E-state index is 4.49. The largest absolute Gasteiger partial charge is 0.319 e. The van der Waals surface area contributed by atoms with Crippen LogP contribution in [0.25, 0.3) is 0 Å². The third kappa shape index (κ3) is 3.78. The molecule has 0 spiro atoms. The van der Waals surface area contributed by atoms with Gasteiger partial charge in [-0.2, -0.15) is 5.10 Å². The molecule has 2 unspecified atom stereocenters. The first kappa shape index (κ1) is 14.5. The Bertz CT molecular complexity index is 372. The maximum Gasteiger partial charge on any atom is 0.138 e. The third-order valence-corrected chi connectivity index (χ3v) is 4.36. The van der Waals surface area contributed by atoms with Gasteiger partial charge in [0.1, 0.15) is 12.2 Å². The summed E-state index contributed by atoms with van der Waals surface area (Å²) in [6, 6.07) is 0.408. The van der Waals surface area contributed by atoms with Crippen molar-refractivity contribution in [2.75, 3.05) is 13.6 Å². The van der Waals surface area contributed by atoms with Crippen LogP contribution in [0.1, 0.15) is 57.8 Å². The van der Waals surface area contributed by atoms with E-state index < -0.39 is 0 Å². The van der Waals surface area contributed by atoms with Crippen molar-refractivity contribution in [1.82, 2.24) is 20.1 Å². The minimum atomic E-state index is 0.408. The average Bonchev–Trinajstić information content (AvgIpc) is 2.73. The van der Waals surface area contributed by atoms with Crippen LogP contribution in [0, 0.1) is 11.8 Å². The first-order chi connectivity index (χ1) is 9.22. The fraction of sp³-hybridized carbons (Fsp3) is 0.867. The van der Waals surface area contributed by atoms with Crippen molar-refractivity contribution in [1.29, 1.82) is 0 Å². The lowest BCUT2D eigenvalue weighted by Gasteiger charge is -2.25. The molecule has 2 atom stereocenters. The first-order valence-corrected chi connectivity index (χ1v) is 7.75. The Kier molecular flexibility index (Phi) is 5.37. The number of hydrogen-bond acceptors (Lipinski definition) is 3. The smallest absolute Gasteiger partial charge is 0.138 e. The van der Waals surface area contributed by atoms with Gasteiger partial charge in [-0.3, -0.25) is 0 Å². The fourth-order valence-corrected chi connectivity index (χ4v) is 3.35. The molecule has 0 aliphatic heterocycles. The molecule has 1 N–H and O–H groups in total. The highest BCUT2D eigenvalue weighted by atomic mass is 15.3. The summed E-state index contributed by atoms with van der Waals surface area (Å²) >= 11 is 0. The Morgan fingerprint density at radius 1 is 1.26 bits per heavy atom. The summed E-state index contributed by atoms with van der Waals surface area (Å²) in [6.07, 6.45) is 9.66. The zero-order chi connectivity index (χ0) is 13.7. The Morgan fingerprint density at radius 2 is 2.00 bits per heavy atom. The average molecular weight is 264 g/mol. The summed E-state index contributed by atoms with van der Waals surface area (Å²) < 4.78 is 2.08. The maximum absolute atomic E-state index is 4.49. The molecule has 4 nitrogen and oxygen atoms in total. The molecule has 1 fully saturated rings. The van der Waals surface area contributed by atoms with Gasteiger partial charge >= 0.3 is 0 Å². The van der Waals surface area contributed by atoms with Gasteiger partial charge < -0.3 is 5.32 Å². The minimum Gasteiger partial charge on any atom is -0.319 e. The summed E-state index contributed by atoms with van der Waals surface area (Å²) in [5.74, 6) is 2.73. The van der Waals surface area contributed by atoms with Crippen LogP contribution in [-0.2, 0) is 6.42 Å². The summed E-state index contributed by atoms with van der Waals surface area (Å²) in [4.78, 5) is 4.49. The van der Waals surface area contributed by atoms with Crippen LogP contribution in [0.2, 0.25) is 0 Å². The van der Waals surface area contributed by atoms with Crippen molar-refractivity contribution in [3.63, 3.8) is 0 Å². The Morgan fingerprint density at radius 3 is 2.68 bits per heavy atom. The Labute approximate surface area is 117 Å². The minimum absolute atomic E-state index is 0.408. The van der Waals surface area contributed by atoms with E-state index in [4.69, 9.17) is 0 Å². The van der Waals surface area contributed by atoms with E-state index >= 15 is 0 Å². The molecule has 0 radical (unpaired) electrons. The van der Waals surface area contributed by atoms with Crippen molar-refractivity contribution in [3.8, 4) is 0 Å². The zero-order valence-corrected chi connectivity index (χ0v) is 12.6. The highest BCUT2D eigenvalue weighted by Crippen LogP contribution is 2.31. The molecule has 0 aromatic carbocycles. The predicted molar refractivity (Wildman–Crippen MR) is 78.1 cm³/mol. The molecule has 0 saturated heterocycles. The van der Waals surface area contributed by atoms with Gasteiger partial charge in [-0.15, -0.1) is 0 Å². The van der Waals surface area contributed by atoms with E-state index in [0.29, 0.717) is 6.04 Å². The second kappa shape index (κ2) is 7.04. The zero-order valence-electron chi connectivity index (χ0n) is 12.6. The van der Waals surface area contributed by atoms with Crippen LogP contribution in [0.3, 0.4) is 0 Å². The van der Waals surface area contributed by atoms with Gasteiger partial charge in [0.05, 0.1) is 0 Å². The number of nitrogens with zero attached hydrogens (tertiary/aromatic N) is 3. The molecular weight excluding hydrogens is 236 g/mol. The molecule has 0 amide bonds. The van der Waals surface area contributed by atoms with Gasteiger partial charge in [-0.25, -0.2) is 9.67 Å². The predicted octanol–water partition coefficient (Wildman–Crippen LogP) is 2.82. The number of rotatable bonds is 5. The lowest BCUT2D eigenvalue weighted by Crippen LogP contribution is -2.27. The molecule has 108 valence electrons. The molecule has 1 aromatic heterocycles. The summed E-state index contributed by atoms with van der Waals surface area (Å²) in [5.41, 5.74) is 0. The van der Waals surface area contributed by atoms with Crippen LogP contribution in [0.15, 0.2) is 6.33 Å². The van der Waals surface area contributed by atoms with E-state index in [0.717, 1.165) is 24.8 Å². The SMILES string of the molecule is CNCC1CCCCCC1Cc1ncnn1C(C)C. The second-order valence-electron chi connectivity index (χ2n) is 6.13. The van der Waals surface area contributed by atoms with Crippen LogP contribution in [0.4, 0.5) is 0 Å². The lowest BCUT2D eigenvalue weighted by molar-refractivity contribution is 0.293. The third-order valence-electron chi connectivity index (χ3n) is 4.36. The van der Waals surface area contributed by atoms with E-state index in [1.807, 2.05) is 0 Å². The molecule has 1 saturated carbocycles. The standard InChI is InChI=1S/C15H28N4/c1-12(2)19-15(17-11-18-19)9-13-7-5-4-6-8-14(13)10-16-3/h11-14,16H,4-10H2,1-3H3. The fourth-order valence-electron chi connectivity index (χ4n) is 3.35. The van der Waals surface area contributed by atoms with E-state index in [1.54, 1.807) is 6.33 Å². The van der Waals surface area contributed by atoms with Crippen molar-refractivity contribution in [2.24, 2.45) is 11.8 Å². The number of nitrogens with one attached hydrogen (secondary N) is 1. The van der Waals surface area contributed by atoms with Crippen LogP contribution in [-0.4, -0.2) is 28.4 Å². The highest BCUT2D eigenvalue weighted by molar-refractivity contribution is 4.91. The summed E-state index contributed by atoms with van der Waals surface area (Å²) in [6.45, 7) is 5.49. The molecule has 1 aromatic rings. The molecule has 1 aliphatic carbocycles. The van der Waals surface area contributed by atoms with Gasteiger partial charge in [0, 0.05) is 12.5 Å². The monoisotopic (exact) mass is 264 g/mol. The van der Waals surface area contributed by atoms with Crippen molar-refractivity contribution < 1.29 is 0 Å². The number of aromatic nitrogens is 3. The van der Waals surface area contributed by atoms with Crippen LogP contribution < -0.4 is 5.32 Å². The molecule has 1 heterocycles. The topological polar surface area (TPSA) is 42.7 Å². The molecule has 0 bridgehead atoms. The van der Waals surface area contributed by atoms with E-state index in [1.165, 1.54) is 37.9 Å². The van der Waals surface area contributed by atoms with Crippen molar-refractivity contribution >= 4 is 0 Å². The van der Waals surface area contributed by atoms with Gasteiger partial charge in [-0.05, 0) is 52.1 Å². The van der Waals surface area contributed by atoms with E-state index in [9.17, 15) is 0 Å². The quantitative estimate of drug-likeness (QED) is 0.832.